The number of aliphatic hydroxyl groups excluding tert-OH is 1. The minimum atomic E-state index is -0.766. The highest BCUT2D eigenvalue weighted by molar-refractivity contribution is 9.10. The molecule has 20 heavy (non-hydrogen) atoms. The Bertz CT molecular complexity index is 515. The van der Waals surface area contributed by atoms with E-state index in [1.54, 1.807) is 26.0 Å². The molecule has 1 unspecified atom stereocenters. The molecule has 108 valence electrons. The van der Waals surface area contributed by atoms with Gasteiger partial charge in [-0.25, -0.2) is 4.79 Å². The topological polar surface area (TPSA) is 46.5 Å². The van der Waals surface area contributed by atoms with Crippen LogP contribution in [0.2, 0.25) is 0 Å². The van der Waals surface area contributed by atoms with E-state index in [4.69, 9.17) is 4.74 Å². The van der Waals surface area contributed by atoms with Gasteiger partial charge in [-0.15, -0.1) is 0 Å². The van der Waals surface area contributed by atoms with Gasteiger partial charge in [0.15, 0.2) is 0 Å². The van der Waals surface area contributed by atoms with E-state index >= 15 is 0 Å². The minimum Gasteiger partial charge on any atom is -0.463 e. The molecule has 1 atom stereocenters. The number of allylic oxidation sites excluding steroid dienone is 1. The molecule has 0 radical (unpaired) electrons. The third-order valence-electron chi connectivity index (χ3n) is 2.82. The van der Waals surface area contributed by atoms with Gasteiger partial charge in [-0.2, -0.15) is 0 Å². The highest BCUT2D eigenvalue weighted by atomic mass is 79.9. The van der Waals surface area contributed by atoms with Gasteiger partial charge in [0, 0.05) is 10.0 Å². The zero-order valence-corrected chi connectivity index (χ0v) is 13.5. The predicted molar refractivity (Wildman–Crippen MR) is 83.2 cm³/mol. The molecular formula is C16H19BrO3. The van der Waals surface area contributed by atoms with Gasteiger partial charge in [-0.05, 0) is 50.1 Å². The number of benzene rings is 1. The molecule has 0 aliphatic carbocycles. The molecule has 0 amide bonds. The number of carbonyl (C=O) groups is 1. The number of hydrogen-bond donors (Lipinski definition) is 1. The van der Waals surface area contributed by atoms with Crippen molar-refractivity contribution >= 4 is 21.9 Å². The average molecular weight is 339 g/mol. The summed E-state index contributed by atoms with van der Waals surface area (Å²) in [6.45, 7) is 5.60. The van der Waals surface area contributed by atoms with Crippen molar-refractivity contribution in [2.45, 2.75) is 26.9 Å². The van der Waals surface area contributed by atoms with Gasteiger partial charge in [0.1, 0.15) is 6.10 Å². The predicted octanol–water partition coefficient (Wildman–Crippen LogP) is 3.94. The molecule has 4 heteroatoms. The molecule has 0 aliphatic rings. The second-order valence-electron chi connectivity index (χ2n) is 4.29. The van der Waals surface area contributed by atoms with Crippen molar-refractivity contribution in [1.29, 1.82) is 0 Å². The Morgan fingerprint density at radius 2 is 2.00 bits per heavy atom. The number of halogens is 1. The van der Waals surface area contributed by atoms with E-state index in [9.17, 15) is 9.90 Å². The van der Waals surface area contributed by atoms with Crippen LogP contribution in [0.3, 0.4) is 0 Å². The number of hydrogen-bond acceptors (Lipinski definition) is 3. The molecule has 0 aromatic heterocycles. The van der Waals surface area contributed by atoms with E-state index in [0.717, 1.165) is 10.0 Å². The molecule has 0 saturated carbocycles. The van der Waals surface area contributed by atoms with Gasteiger partial charge in [0.05, 0.1) is 6.61 Å². The van der Waals surface area contributed by atoms with Gasteiger partial charge in [0.25, 0.3) is 0 Å². The van der Waals surface area contributed by atoms with Crippen LogP contribution < -0.4 is 0 Å². The van der Waals surface area contributed by atoms with E-state index in [1.807, 2.05) is 31.2 Å². The lowest BCUT2D eigenvalue weighted by atomic mass is 9.99. The first kappa shape index (κ1) is 16.7. The fourth-order valence-corrected chi connectivity index (χ4v) is 1.98. The van der Waals surface area contributed by atoms with Crippen LogP contribution in [0.5, 0.6) is 0 Å². The first-order chi connectivity index (χ1) is 9.49. The first-order valence-corrected chi connectivity index (χ1v) is 7.24. The summed E-state index contributed by atoms with van der Waals surface area (Å²) < 4.78 is 5.88. The molecule has 3 nitrogen and oxygen atoms in total. The smallest absolute Gasteiger partial charge is 0.333 e. The molecular weight excluding hydrogens is 320 g/mol. The zero-order chi connectivity index (χ0) is 15.1. The molecule has 1 N–H and O–H groups in total. The largest absolute Gasteiger partial charge is 0.463 e. The van der Waals surface area contributed by atoms with Crippen LogP contribution in [0, 0.1) is 0 Å². The molecule has 1 rings (SSSR count). The summed E-state index contributed by atoms with van der Waals surface area (Å²) in [5.74, 6) is -0.366. The third-order valence-corrected chi connectivity index (χ3v) is 3.34. The maximum atomic E-state index is 11.6. The maximum Gasteiger partial charge on any atom is 0.333 e. The Balaban J connectivity index is 2.94. The lowest BCUT2D eigenvalue weighted by Gasteiger charge is -2.13. The Hall–Kier alpha value is -1.39. The van der Waals surface area contributed by atoms with Gasteiger partial charge in [-0.3, -0.25) is 0 Å². The molecule has 0 heterocycles. The Morgan fingerprint density at radius 3 is 2.50 bits per heavy atom. The summed E-state index contributed by atoms with van der Waals surface area (Å²) in [6, 6.07) is 7.42. The standard InChI is InChI=1S/C16H19BrO3/c1-4-12(10-11(3)16(19)20-5-2)15(18)13-6-8-14(17)9-7-13/h4,6-10,15,18H,5H2,1-3H3/b11-10+,12-4+. The number of ether oxygens (including phenoxy) is 1. The quantitative estimate of drug-likeness (QED) is 0.502. The SMILES string of the molecule is C/C=C(\C=C(/C)C(=O)OCC)C(O)c1ccc(Br)cc1. The normalized spacial score (nSPS) is 14.1. The summed E-state index contributed by atoms with van der Waals surface area (Å²) in [5.41, 5.74) is 1.91. The van der Waals surface area contributed by atoms with Crippen molar-refractivity contribution in [3.8, 4) is 0 Å². The number of carbonyl (C=O) groups excluding carboxylic acids is 1. The second-order valence-corrected chi connectivity index (χ2v) is 5.21. The molecule has 1 aromatic rings. The Morgan fingerprint density at radius 1 is 1.40 bits per heavy atom. The van der Waals surface area contributed by atoms with Crippen molar-refractivity contribution in [3.63, 3.8) is 0 Å². The highest BCUT2D eigenvalue weighted by Crippen LogP contribution is 2.25. The van der Waals surface area contributed by atoms with Crippen molar-refractivity contribution in [3.05, 3.63) is 57.6 Å². The number of rotatable bonds is 5. The Labute approximate surface area is 128 Å². The van der Waals surface area contributed by atoms with E-state index in [2.05, 4.69) is 15.9 Å². The van der Waals surface area contributed by atoms with Crippen molar-refractivity contribution in [2.75, 3.05) is 6.61 Å². The lowest BCUT2D eigenvalue weighted by Crippen LogP contribution is -2.07. The third kappa shape index (κ3) is 4.62. The summed E-state index contributed by atoms with van der Waals surface area (Å²) in [7, 11) is 0. The lowest BCUT2D eigenvalue weighted by molar-refractivity contribution is -0.138. The number of esters is 1. The fourth-order valence-electron chi connectivity index (χ4n) is 1.71. The van der Waals surface area contributed by atoms with E-state index in [0.29, 0.717) is 17.8 Å². The molecule has 0 saturated heterocycles. The van der Waals surface area contributed by atoms with Gasteiger partial charge < -0.3 is 9.84 Å². The summed E-state index contributed by atoms with van der Waals surface area (Å²) in [4.78, 5) is 11.6. The molecule has 0 fully saturated rings. The van der Waals surface area contributed by atoms with E-state index in [-0.39, 0.29) is 5.97 Å². The maximum absolute atomic E-state index is 11.6. The number of aliphatic hydroxyl groups is 1. The van der Waals surface area contributed by atoms with E-state index in [1.165, 1.54) is 0 Å². The van der Waals surface area contributed by atoms with Crippen molar-refractivity contribution in [2.24, 2.45) is 0 Å². The second kappa shape index (κ2) is 8.02. The van der Waals surface area contributed by atoms with Crippen LogP contribution in [-0.2, 0) is 9.53 Å². The van der Waals surface area contributed by atoms with Crippen molar-refractivity contribution < 1.29 is 14.6 Å². The van der Waals surface area contributed by atoms with E-state index < -0.39 is 6.10 Å². The van der Waals surface area contributed by atoms with Crippen LogP contribution in [0.25, 0.3) is 0 Å². The van der Waals surface area contributed by atoms with Gasteiger partial charge in [0.2, 0.25) is 0 Å². The molecule has 1 aromatic carbocycles. The van der Waals surface area contributed by atoms with Crippen molar-refractivity contribution in [1.82, 2.24) is 0 Å². The minimum absolute atomic E-state index is 0.338. The highest BCUT2D eigenvalue weighted by Gasteiger charge is 2.13. The fraction of sp³-hybridized carbons (Fsp3) is 0.312. The van der Waals surface area contributed by atoms with Crippen LogP contribution in [0.4, 0.5) is 0 Å². The summed E-state index contributed by atoms with van der Waals surface area (Å²) >= 11 is 3.36. The zero-order valence-electron chi connectivity index (χ0n) is 11.9. The van der Waals surface area contributed by atoms with Crippen LogP contribution in [0.1, 0.15) is 32.4 Å². The summed E-state index contributed by atoms with van der Waals surface area (Å²) in [5, 5.41) is 10.4. The van der Waals surface area contributed by atoms with Gasteiger partial charge in [-0.1, -0.05) is 34.1 Å². The van der Waals surface area contributed by atoms with Crippen LogP contribution in [-0.4, -0.2) is 17.7 Å². The first-order valence-electron chi connectivity index (χ1n) is 6.44. The molecule has 0 spiro atoms. The molecule has 0 aliphatic heterocycles. The van der Waals surface area contributed by atoms with Crippen LogP contribution in [0.15, 0.2) is 52.0 Å². The molecule has 0 bridgehead atoms. The average Bonchev–Trinajstić information content (AvgIpc) is 2.44. The Kier molecular flexibility index (Phi) is 6.68. The van der Waals surface area contributed by atoms with Gasteiger partial charge >= 0.3 is 5.97 Å². The summed E-state index contributed by atoms with van der Waals surface area (Å²) in [6.07, 6.45) is 2.68. The monoisotopic (exact) mass is 338 g/mol. The van der Waals surface area contributed by atoms with Crippen LogP contribution >= 0.6 is 15.9 Å².